The third-order valence-electron chi connectivity index (χ3n) is 12.6. The van der Waals surface area contributed by atoms with Crippen molar-refractivity contribution >= 4 is 24.8 Å². The van der Waals surface area contributed by atoms with Crippen LogP contribution in [0.1, 0.15) is 329 Å². The van der Waals surface area contributed by atoms with Crippen LogP contribution >= 0.6 is 24.8 Å². The van der Waals surface area contributed by atoms with Crippen LogP contribution in [0.4, 0.5) is 0 Å². The van der Waals surface area contributed by atoms with Crippen LogP contribution in [-0.4, -0.2) is 19.8 Å². The fourth-order valence-corrected chi connectivity index (χ4v) is 9.20. The zero-order valence-electron chi connectivity index (χ0n) is 44.4. The molecular formula is C54H111CoO9P3+3. The Morgan fingerprint density at radius 3 is 0.433 bits per heavy atom. The van der Waals surface area contributed by atoms with E-state index in [1.165, 1.54) is 270 Å². The predicted molar refractivity (Wildman–Crippen MR) is 279 cm³/mol. The summed E-state index contributed by atoms with van der Waals surface area (Å²) in [4.78, 5) is 30.5. The Morgan fingerprint density at radius 2 is 0.328 bits per heavy atom. The van der Waals surface area contributed by atoms with Crippen LogP contribution in [0.5, 0.6) is 0 Å². The molecule has 0 heterocycles. The van der Waals surface area contributed by atoms with E-state index in [9.17, 15) is 28.4 Å². The van der Waals surface area contributed by atoms with Gasteiger partial charge in [-0.2, -0.15) is 0 Å². The normalized spacial score (nSPS) is 11.6. The minimum atomic E-state index is -2.64. The Hall–Kier alpha value is 0.566. The maximum absolute atomic E-state index is 10.2. The molecule has 3 unspecified atom stereocenters. The number of hydrogen-bond donors (Lipinski definition) is 0. The van der Waals surface area contributed by atoms with E-state index in [2.05, 4.69) is 34.3 Å². The van der Waals surface area contributed by atoms with Gasteiger partial charge in [-0.05, 0) is 33.0 Å². The number of hydrogen-bond acceptors (Lipinski definition) is 9. The topological polar surface area (TPSA) is 148 Å². The Kier molecular flexibility index (Phi) is 78.3. The van der Waals surface area contributed by atoms with Gasteiger partial charge in [-0.1, -0.05) is 310 Å². The molecular weight excluding hydrogens is 944 g/mol. The van der Waals surface area contributed by atoms with E-state index in [1.807, 2.05) is 0 Å². The van der Waals surface area contributed by atoms with Gasteiger partial charge in [0.1, 0.15) is 19.8 Å². The molecule has 0 radical (unpaired) electrons. The largest absolute Gasteiger partial charge is 3.00 e. The molecule has 0 saturated heterocycles. The molecule has 0 amide bonds. The minimum Gasteiger partial charge on any atom is -0.566 e. The minimum absolute atomic E-state index is 0. The Balaban J connectivity index is -0.000000441. The van der Waals surface area contributed by atoms with Gasteiger partial charge in [0.05, 0.1) is 0 Å². The predicted octanol–water partition coefficient (Wildman–Crippen LogP) is 18.8. The van der Waals surface area contributed by atoms with Gasteiger partial charge in [-0.25, -0.2) is 0 Å². The van der Waals surface area contributed by atoms with Gasteiger partial charge in [-0.15, -0.1) is 13.6 Å². The fourth-order valence-electron chi connectivity index (χ4n) is 8.37. The second-order valence-corrected chi connectivity index (χ2v) is 21.2. The molecule has 0 bridgehead atoms. The van der Waals surface area contributed by atoms with E-state index in [0.717, 1.165) is 38.5 Å². The standard InChI is InChI=1S/3C18H37O3P.Co/c3*1-2-3-4-5-6-7-8-9-10-11-12-13-14-15-16-17-18-21-22(19)20;/h3*2-18H2,1H3;/q;;;+3. The quantitative estimate of drug-likeness (QED) is 0.0429. The van der Waals surface area contributed by atoms with E-state index in [4.69, 9.17) is 0 Å². The Labute approximate surface area is 430 Å². The van der Waals surface area contributed by atoms with Crippen LogP contribution in [0.2, 0.25) is 0 Å². The van der Waals surface area contributed by atoms with Crippen molar-refractivity contribution in [3.63, 3.8) is 0 Å². The molecule has 3 atom stereocenters. The summed E-state index contributed by atoms with van der Waals surface area (Å²) in [6.45, 7) is 7.89. The van der Waals surface area contributed by atoms with Crippen molar-refractivity contribution in [3.8, 4) is 0 Å². The zero-order chi connectivity index (χ0) is 48.9. The third-order valence-corrected chi connectivity index (χ3v) is 13.8. The molecule has 0 fully saturated rings. The average Bonchev–Trinajstić information content (AvgIpc) is 3.29. The van der Waals surface area contributed by atoms with Crippen LogP contribution < -0.4 is 14.7 Å². The van der Waals surface area contributed by atoms with Gasteiger partial charge >= 0.3 is 41.5 Å². The summed E-state index contributed by atoms with van der Waals surface area (Å²) in [5.41, 5.74) is 0. The first-order valence-electron chi connectivity index (χ1n) is 28.6. The first-order valence-corrected chi connectivity index (χ1v) is 31.9. The molecule has 0 aliphatic heterocycles. The first-order chi connectivity index (χ1) is 32.3. The van der Waals surface area contributed by atoms with Gasteiger partial charge in [0.15, 0.2) is 0 Å². The number of rotatable bonds is 54. The van der Waals surface area contributed by atoms with Gasteiger partial charge < -0.3 is 14.7 Å². The van der Waals surface area contributed by atoms with Gasteiger partial charge in [0, 0.05) is 0 Å². The van der Waals surface area contributed by atoms with E-state index < -0.39 is 24.8 Å². The molecule has 0 aliphatic rings. The third kappa shape index (κ3) is 83.7. The van der Waals surface area contributed by atoms with E-state index in [-0.39, 0.29) is 16.8 Å². The Morgan fingerprint density at radius 1 is 0.224 bits per heavy atom. The van der Waals surface area contributed by atoms with Crippen molar-refractivity contribution in [3.05, 3.63) is 0 Å². The van der Waals surface area contributed by atoms with Gasteiger partial charge in [0.2, 0.25) is 0 Å². The molecule has 0 aromatic heterocycles. The molecule has 0 aromatic rings. The fraction of sp³-hybridized carbons (Fsp3) is 1.00. The molecule has 67 heavy (non-hydrogen) atoms. The Bertz CT molecular complexity index is 825. The molecule has 13 heteroatoms. The van der Waals surface area contributed by atoms with Crippen molar-refractivity contribution in [1.82, 2.24) is 0 Å². The molecule has 0 N–H and O–H groups in total. The summed E-state index contributed by atoms with van der Waals surface area (Å²) < 4.78 is 44.1. The zero-order valence-corrected chi connectivity index (χ0v) is 48.1. The van der Waals surface area contributed by atoms with Crippen molar-refractivity contribution < 1.29 is 58.7 Å². The van der Waals surface area contributed by atoms with Crippen LogP contribution in [0.15, 0.2) is 0 Å². The first kappa shape index (κ1) is 74.1. The maximum atomic E-state index is 10.2. The maximum Gasteiger partial charge on any atom is 3.00 e. The number of unbranched alkanes of at least 4 members (excludes halogenated alkanes) is 45. The average molecular weight is 1060 g/mol. The molecule has 0 spiro atoms. The van der Waals surface area contributed by atoms with Crippen molar-refractivity contribution in [2.45, 2.75) is 329 Å². The monoisotopic (exact) mass is 1060 g/mol. The van der Waals surface area contributed by atoms with Crippen LogP contribution in [0.3, 0.4) is 0 Å². The van der Waals surface area contributed by atoms with E-state index >= 15 is 0 Å². The SMILES string of the molecule is CCCCCCCCCCCCCCCCCCO[P+](=O)[O-].CCCCCCCCCCCCCCCCCCO[P+](=O)[O-].CCCCCCCCCCCCCCCCCCO[P+](=O)[O-].[Co+3]. The molecule has 0 saturated carbocycles. The summed E-state index contributed by atoms with van der Waals surface area (Å²) in [7, 11) is -7.93. The summed E-state index contributed by atoms with van der Waals surface area (Å²) in [5.74, 6) is 0. The second kappa shape index (κ2) is 70.8. The van der Waals surface area contributed by atoms with Crippen molar-refractivity contribution in [2.75, 3.05) is 19.8 Å². The molecule has 9 nitrogen and oxygen atoms in total. The molecule has 0 rings (SSSR count). The summed E-state index contributed by atoms with van der Waals surface area (Å²) >= 11 is 0. The van der Waals surface area contributed by atoms with Crippen LogP contribution in [-0.2, 0) is 44.0 Å². The summed E-state index contributed by atoms with van der Waals surface area (Å²) in [6, 6.07) is 0. The van der Waals surface area contributed by atoms with Crippen molar-refractivity contribution in [1.29, 1.82) is 0 Å². The van der Waals surface area contributed by atoms with Gasteiger partial charge in [0.25, 0.3) is 0 Å². The van der Waals surface area contributed by atoms with Crippen molar-refractivity contribution in [2.24, 2.45) is 0 Å². The molecule has 0 aliphatic carbocycles. The summed E-state index contributed by atoms with van der Waals surface area (Å²) in [5, 5.41) is 0. The van der Waals surface area contributed by atoms with Crippen LogP contribution in [0.25, 0.3) is 0 Å². The van der Waals surface area contributed by atoms with Crippen LogP contribution in [0, 0.1) is 0 Å². The molecule has 402 valence electrons. The van der Waals surface area contributed by atoms with E-state index in [0.29, 0.717) is 19.8 Å². The second-order valence-electron chi connectivity index (χ2n) is 19.1. The smallest absolute Gasteiger partial charge is 0.566 e. The summed E-state index contributed by atoms with van der Waals surface area (Å²) in [6.07, 6.45) is 63.7. The van der Waals surface area contributed by atoms with Gasteiger partial charge in [-0.3, -0.25) is 0 Å². The van der Waals surface area contributed by atoms with E-state index in [1.54, 1.807) is 0 Å². The molecule has 0 aromatic carbocycles.